The predicted molar refractivity (Wildman–Crippen MR) is 76.7 cm³/mol. The lowest BCUT2D eigenvalue weighted by molar-refractivity contribution is -0.153. The molecule has 0 amide bonds. The second kappa shape index (κ2) is 7.68. The van der Waals surface area contributed by atoms with E-state index in [4.69, 9.17) is 9.47 Å². The Morgan fingerprint density at radius 3 is 2.55 bits per heavy atom. The molecule has 1 rings (SSSR count). The van der Waals surface area contributed by atoms with Crippen LogP contribution in [0.5, 0.6) is 5.75 Å². The van der Waals surface area contributed by atoms with Crippen LogP contribution in [0.25, 0.3) is 0 Å². The fourth-order valence-corrected chi connectivity index (χ4v) is 2.32. The summed E-state index contributed by atoms with van der Waals surface area (Å²) >= 11 is 0. The highest BCUT2D eigenvalue weighted by molar-refractivity contribution is 5.98. The minimum Gasteiger partial charge on any atom is -0.497 e. The Balaban J connectivity index is 2.82. The summed E-state index contributed by atoms with van der Waals surface area (Å²) in [6.07, 6.45) is 0.625. The highest BCUT2D eigenvalue weighted by atomic mass is 16.5. The summed E-state index contributed by atoms with van der Waals surface area (Å²) in [5.74, 6) is -0.640. The van der Waals surface area contributed by atoms with Gasteiger partial charge in [0, 0.05) is 0 Å². The molecule has 0 saturated carbocycles. The van der Waals surface area contributed by atoms with Gasteiger partial charge in [-0.3, -0.25) is 9.59 Å². The van der Waals surface area contributed by atoms with E-state index in [1.807, 2.05) is 31.2 Å². The Morgan fingerprint density at radius 1 is 1.30 bits per heavy atom. The quantitative estimate of drug-likeness (QED) is 0.568. The minimum absolute atomic E-state index is 0.112. The van der Waals surface area contributed by atoms with Gasteiger partial charge in [0.05, 0.1) is 13.7 Å². The third-order valence-corrected chi connectivity index (χ3v) is 3.24. The van der Waals surface area contributed by atoms with E-state index in [-0.39, 0.29) is 18.3 Å². The Hall–Kier alpha value is -1.84. The summed E-state index contributed by atoms with van der Waals surface area (Å²) < 4.78 is 10.2. The number of rotatable bonds is 7. The fraction of sp³-hybridized carbons (Fsp3) is 0.500. The van der Waals surface area contributed by atoms with Crippen LogP contribution in [0.15, 0.2) is 24.3 Å². The van der Waals surface area contributed by atoms with E-state index in [0.29, 0.717) is 6.42 Å². The molecule has 1 aromatic carbocycles. The van der Waals surface area contributed by atoms with Crippen molar-refractivity contribution >= 4 is 11.8 Å². The van der Waals surface area contributed by atoms with Crippen LogP contribution in [0.2, 0.25) is 0 Å². The Labute approximate surface area is 120 Å². The second-order valence-corrected chi connectivity index (χ2v) is 4.87. The highest BCUT2D eigenvalue weighted by Crippen LogP contribution is 2.22. The monoisotopic (exact) mass is 278 g/mol. The summed E-state index contributed by atoms with van der Waals surface area (Å²) in [5.41, 5.74) is 1.03. The molecule has 4 nitrogen and oxygen atoms in total. The Kier molecular flexibility index (Phi) is 6.22. The molecule has 0 N–H and O–H groups in total. The largest absolute Gasteiger partial charge is 0.497 e. The number of hydrogen-bond donors (Lipinski definition) is 0. The summed E-state index contributed by atoms with van der Waals surface area (Å²) in [6.45, 7) is 5.35. The first-order valence-corrected chi connectivity index (χ1v) is 6.79. The van der Waals surface area contributed by atoms with Gasteiger partial charge in [0.2, 0.25) is 0 Å². The first kappa shape index (κ1) is 16.2. The minimum atomic E-state index is -0.707. The number of esters is 1. The molecule has 4 heteroatoms. The molecule has 0 aliphatic rings. The average molecular weight is 278 g/mol. The fourth-order valence-electron chi connectivity index (χ4n) is 2.32. The first-order chi connectivity index (χ1) is 9.49. The van der Waals surface area contributed by atoms with Gasteiger partial charge in [0.25, 0.3) is 0 Å². The van der Waals surface area contributed by atoms with Crippen molar-refractivity contribution in [3.63, 3.8) is 0 Å². The Bertz CT molecular complexity index is 467. The van der Waals surface area contributed by atoms with Crippen LogP contribution in [-0.2, 0) is 20.7 Å². The van der Waals surface area contributed by atoms with Crippen molar-refractivity contribution in [2.75, 3.05) is 13.7 Å². The molecule has 0 fully saturated rings. The molecule has 2 atom stereocenters. The van der Waals surface area contributed by atoms with Crippen molar-refractivity contribution in [1.29, 1.82) is 0 Å². The van der Waals surface area contributed by atoms with Crippen molar-refractivity contribution in [3.8, 4) is 5.75 Å². The molecular weight excluding hydrogens is 256 g/mol. The number of carbonyl (C=O) groups is 2. The molecule has 0 radical (unpaired) electrons. The van der Waals surface area contributed by atoms with Gasteiger partial charge in [-0.25, -0.2) is 0 Å². The maximum atomic E-state index is 11.9. The number of hydrogen-bond acceptors (Lipinski definition) is 4. The average Bonchev–Trinajstić information content (AvgIpc) is 2.38. The smallest absolute Gasteiger partial charge is 0.316 e. The summed E-state index contributed by atoms with van der Waals surface area (Å²) in [4.78, 5) is 23.6. The van der Waals surface area contributed by atoms with Gasteiger partial charge < -0.3 is 9.47 Å². The molecule has 0 aromatic heterocycles. The lowest BCUT2D eigenvalue weighted by Gasteiger charge is -2.20. The third kappa shape index (κ3) is 4.37. The standard InChI is InChI=1S/C16H22O4/c1-5-20-16(18)15(12(3)17)11(2)9-13-7-6-8-14(10-13)19-4/h6-8,10-11,15H,5,9H2,1-4H3. The Morgan fingerprint density at radius 2 is 2.00 bits per heavy atom. The van der Waals surface area contributed by atoms with Gasteiger partial charge in [-0.15, -0.1) is 0 Å². The first-order valence-electron chi connectivity index (χ1n) is 6.79. The van der Waals surface area contributed by atoms with E-state index < -0.39 is 11.9 Å². The highest BCUT2D eigenvalue weighted by Gasteiger charge is 2.30. The molecule has 0 heterocycles. The van der Waals surface area contributed by atoms with Crippen LogP contribution in [0.4, 0.5) is 0 Å². The topological polar surface area (TPSA) is 52.6 Å². The van der Waals surface area contributed by atoms with Crippen molar-refractivity contribution < 1.29 is 19.1 Å². The number of ketones is 1. The van der Waals surface area contributed by atoms with E-state index in [9.17, 15) is 9.59 Å². The molecule has 2 unspecified atom stereocenters. The molecule has 0 spiro atoms. The second-order valence-electron chi connectivity index (χ2n) is 4.87. The van der Waals surface area contributed by atoms with Crippen molar-refractivity contribution in [2.45, 2.75) is 27.2 Å². The maximum absolute atomic E-state index is 11.9. The van der Waals surface area contributed by atoms with Gasteiger partial charge >= 0.3 is 5.97 Å². The molecule has 0 aliphatic heterocycles. The van der Waals surface area contributed by atoms with Gasteiger partial charge in [-0.2, -0.15) is 0 Å². The molecule has 110 valence electrons. The van der Waals surface area contributed by atoms with Gasteiger partial charge in [-0.1, -0.05) is 19.1 Å². The number of ether oxygens (including phenoxy) is 2. The molecule has 0 bridgehead atoms. The SMILES string of the molecule is CCOC(=O)C(C(C)=O)C(C)Cc1cccc(OC)c1. The number of Topliss-reactive ketones (excluding diaryl/α,β-unsaturated/α-hetero) is 1. The number of benzene rings is 1. The number of methoxy groups -OCH3 is 1. The van der Waals surface area contributed by atoms with Crippen LogP contribution in [0.1, 0.15) is 26.3 Å². The maximum Gasteiger partial charge on any atom is 0.316 e. The molecule has 20 heavy (non-hydrogen) atoms. The zero-order valence-electron chi connectivity index (χ0n) is 12.5. The van der Waals surface area contributed by atoms with Crippen molar-refractivity contribution in [3.05, 3.63) is 29.8 Å². The lowest BCUT2D eigenvalue weighted by atomic mass is 9.86. The lowest BCUT2D eigenvalue weighted by Crippen LogP contribution is -2.31. The van der Waals surface area contributed by atoms with E-state index >= 15 is 0 Å². The van der Waals surface area contributed by atoms with E-state index in [1.54, 1.807) is 14.0 Å². The van der Waals surface area contributed by atoms with Gasteiger partial charge in [0.1, 0.15) is 17.5 Å². The van der Waals surface area contributed by atoms with Crippen molar-refractivity contribution in [1.82, 2.24) is 0 Å². The molecule has 1 aromatic rings. The third-order valence-electron chi connectivity index (χ3n) is 3.24. The van der Waals surface area contributed by atoms with Crippen LogP contribution in [-0.4, -0.2) is 25.5 Å². The zero-order chi connectivity index (χ0) is 15.1. The van der Waals surface area contributed by atoms with E-state index in [2.05, 4.69) is 0 Å². The molecule has 0 saturated heterocycles. The summed E-state index contributed by atoms with van der Waals surface area (Å²) in [5, 5.41) is 0. The van der Waals surface area contributed by atoms with Gasteiger partial charge in [-0.05, 0) is 43.9 Å². The van der Waals surface area contributed by atoms with Gasteiger partial charge in [0.15, 0.2) is 0 Å². The van der Waals surface area contributed by atoms with Crippen LogP contribution in [0.3, 0.4) is 0 Å². The van der Waals surface area contributed by atoms with Crippen LogP contribution >= 0.6 is 0 Å². The van der Waals surface area contributed by atoms with Crippen LogP contribution < -0.4 is 4.74 Å². The van der Waals surface area contributed by atoms with Crippen molar-refractivity contribution in [2.24, 2.45) is 11.8 Å². The van der Waals surface area contributed by atoms with E-state index in [1.165, 1.54) is 6.92 Å². The number of carbonyl (C=O) groups excluding carboxylic acids is 2. The molecular formula is C16H22O4. The predicted octanol–water partition coefficient (Wildman–Crippen LogP) is 2.64. The summed E-state index contributed by atoms with van der Waals surface area (Å²) in [6, 6.07) is 7.64. The zero-order valence-corrected chi connectivity index (χ0v) is 12.5. The summed E-state index contributed by atoms with van der Waals surface area (Å²) in [7, 11) is 1.61. The molecule has 0 aliphatic carbocycles. The van der Waals surface area contributed by atoms with Crippen LogP contribution in [0, 0.1) is 11.8 Å². The normalized spacial score (nSPS) is 13.4. The van der Waals surface area contributed by atoms with E-state index in [0.717, 1.165) is 11.3 Å².